The van der Waals surface area contributed by atoms with E-state index in [1.54, 1.807) is 12.2 Å². The molecule has 0 saturated carbocycles. The minimum Gasteiger partial charge on any atom is -0.317 e. The molecule has 50 valence electrons. The molecular formula is C4H11NO2S. The van der Waals surface area contributed by atoms with E-state index < -0.39 is 0 Å². The lowest BCUT2D eigenvalue weighted by molar-refractivity contribution is -0.112. The van der Waals surface area contributed by atoms with Crippen LogP contribution in [0.25, 0.3) is 0 Å². The number of nitrogens with zero attached hydrogens (tertiary/aromatic N) is 1. The van der Waals surface area contributed by atoms with E-state index in [2.05, 4.69) is 17.1 Å². The van der Waals surface area contributed by atoms with Crippen LogP contribution in [-0.2, 0) is 9.02 Å². The molecule has 0 spiro atoms. The molecule has 8 heavy (non-hydrogen) atoms. The van der Waals surface area contributed by atoms with Crippen LogP contribution in [0.1, 0.15) is 0 Å². The van der Waals surface area contributed by atoms with Gasteiger partial charge < -0.3 is 9.02 Å². The summed E-state index contributed by atoms with van der Waals surface area (Å²) in [5.74, 6) is 0. The van der Waals surface area contributed by atoms with E-state index in [0.29, 0.717) is 6.61 Å². The summed E-state index contributed by atoms with van der Waals surface area (Å²) in [6, 6.07) is 0. The van der Waals surface area contributed by atoms with Crippen molar-refractivity contribution in [1.29, 1.82) is 0 Å². The molecule has 0 atom stereocenters. The van der Waals surface area contributed by atoms with Gasteiger partial charge in [-0.15, -0.1) is 0 Å². The minimum atomic E-state index is 0.577. The second kappa shape index (κ2) is 5.37. The quantitative estimate of drug-likeness (QED) is 0.343. The first-order valence-electron chi connectivity index (χ1n) is 2.33. The van der Waals surface area contributed by atoms with Gasteiger partial charge >= 0.3 is 0 Å². The molecule has 0 bridgehead atoms. The molecule has 0 aliphatic rings. The first-order valence-corrected chi connectivity index (χ1v) is 2.69. The van der Waals surface area contributed by atoms with E-state index in [0.717, 1.165) is 6.54 Å². The highest BCUT2D eigenvalue weighted by molar-refractivity contribution is 7.75. The van der Waals surface area contributed by atoms with E-state index in [4.69, 9.17) is 4.84 Å². The third kappa shape index (κ3) is 4.39. The molecule has 0 saturated heterocycles. The van der Waals surface area contributed by atoms with Gasteiger partial charge in [0.1, 0.15) is 0 Å². The van der Waals surface area contributed by atoms with Gasteiger partial charge in [0.25, 0.3) is 0 Å². The summed E-state index contributed by atoms with van der Waals surface area (Å²) in [7, 11) is 3.44. The zero-order valence-corrected chi connectivity index (χ0v) is 6.02. The van der Waals surface area contributed by atoms with Crippen molar-refractivity contribution in [2.45, 2.75) is 0 Å². The first-order chi connectivity index (χ1) is 3.81. The van der Waals surface area contributed by atoms with Gasteiger partial charge in [-0.2, -0.15) is 5.06 Å². The van der Waals surface area contributed by atoms with Crippen molar-refractivity contribution in [3.8, 4) is 0 Å². The highest BCUT2D eigenvalue weighted by Crippen LogP contribution is 1.82. The van der Waals surface area contributed by atoms with E-state index in [9.17, 15) is 0 Å². The summed E-state index contributed by atoms with van der Waals surface area (Å²) in [6.07, 6.45) is 0. The molecule has 0 fully saturated rings. The number of hydrogen-bond donors (Lipinski definition) is 1. The molecule has 3 nitrogen and oxygen atoms in total. The van der Waals surface area contributed by atoms with E-state index in [-0.39, 0.29) is 0 Å². The summed E-state index contributed by atoms with van der Waals surface area (Å²) < 4.78 is 4.49. The van der Waals surface area contributed by atoms with Crippen molar-refractivity contribution in [3.63, 3.8) is 0 Å². The molecule has 0 aliphatic heterocycles. The van der Waals surface area contributed by atoms with Crippen molar-refractivity contribution in [3.05, 3.63) is 0 Å². The Bertz CT molecular complexity index is 53.3. The average Bonchev–Trinajstić information content (AvgIpc) is 1.83. The predicted molar refractivity (Wildman–Crippen MR) is 34.6 cm³/mol. The maximum atomic E-state index is 4.77. The van der Waals surface area contributed by atoms with Crippen LogP contribution in [-0.4, -0.2) is 32.4 Å². The molecule has 0 heterocycles. The zero-order valence-electron chi connectivity index (χ0n) is 5.13. The SMILES string of the molecule is CON(C)CCOS. The number of rotatable bonds is 4. The van der Waals surface area contributed by atoms with Gasteiger partial charge in [-0.05, 0) is 12.9 Å². The fourth-order valence-electron chi connectivity index (χ4n) is 0.261. The van der Waals surface area contributed by atoms with Crippen LogP contribution in [0.4, 0.5) is 0 Å². The van der Waals surface area contributed by atoms with Crippen molar-refractivity contribution in [2.24, 2.45) is 0 Å². The summed E-state index contributed by atoms with van der Waals surface area (Å²) in [5.41, 5.74) is 0. The lowest BCUT2D eigenvalue weighted by Crippen LogP contribution is -2.20. The lowest BCUT2D eigenvalue weighted by atomic mass is 10.7. The van der Waals surface area contributed by atoms with E-state index in [1.165, 1.54) is 0 Å². The highest BCUT2D eigenvalue weighted by atomic mass is 32.1. The van der Waals surface area contributed by atoms with Crippen molar-refractivity contribution < 1.29 is 9.02 Å². The molecule has 0 aromatic heterocycles. The van der Waals surface area contributed by atoms with Gasteiger partial charge in [0, 0.05) is 13.6 Å². The standard InChI is InChI=1S/C4H11NO2S/c1-5(6-2)3-4-7-8/h8H,3-4H2,1-2H3. The Labute approximate surface area is 55.1 Å². The molecule has 0 unspecified atom stereocenters. The third-order valence-corrected chi connectivity index (χ3v) is 0.992. The Hall–Kier alpha value is 0.230. The van der Waals surface area contributed by atoms with Crippen molar-refractivity contribution >= 4 is 12.9 Å². The Balaban J connectivity index is 2.86. The second-order valence-corrected chi connectivity index (χ2v) is 1.63. The Morgan fingerprint density at radius 1 is 1.62 bits per heavy atom. The molecule has 0 rings (SSSR count). The van der Waals surface area contributed by atoms with Gasteiger partial charge in [-0.1, -0.05) is 0 Å². The fourth-order valence-corrected chi connectivity index (χ4v) is 0.342. The fraction of sp³-hybridized carbons (Fsp3) is 1.00. The number of hydroxylamine groups is 2. The van der Waals surface area contributed by atoms with E-state index >= 15 is 0 Å². The maximum Gasteiger partial charge on any atom is 0.0761 e. The van der Waals surface area contributed by atoms with E-state index in [1.807, 2.05) is 7.05 Å². The van der Waals surface area contributed by atoms with Gasteiger partial charge in [-0.25, -0.2) is 0 Å². The van der Waals surface area contributed by atoms with Crippen LogP contribution >= 0.6 is 12.9 Å². The normalized spacial score (nSPS) is 10.5. The van der Waals surface area contributed by atoms with Crippen LogP contribution in [0.5, 0.6) is 0 Å². The number of likely N-dealkylation sites (N-methyl/N-ethyl adjacent to an activating group) is 1. The van der Waals surface area contributed by atoms with Crippen LogP contribution < -0.4 is 0 Å². The number of thiol groups is 1. The topological polar surface area (TPSA) is 21.7 Å². The van der Waals surface area contributed by atoms with Crippen molar-refractivity contribution in [2.75, 3.05) is 27.3 Å². The Kier molecular flexibility index (Phi) is 5.52. The third-order valence-electron chi connectivity index (χ3n) is 0.809. The molecule has 0 amide bonds. The maximum absolute atomic E-state index is 4.77. The molecule has 0 radical (unpaired) electrons. The van der Waals surface area contributed by atoms with Crippen LogP contribution in [0.3, 0.4) is 0 Å². The summed E-state index contributed by atoms with van der Waals surface area (Å²) in [4.78, 5) is 4.77. The van der Waals surface area contributed by atoms with Crippen molar-refractivity contribution in [1.82, 2.24) is 5.06 Å². The van der Waals surface area contributed by atoms with Gasteiger partial charge in [0.05, 0.1) is 13.7 Å². The van der Waals surface area contributed by atoms with Gasteiger partial charge in [0.2, 0.25) is 0 Å². The van der Waals surface area contributed by atoms with Crippen LogP contribution in [0.15, 0.2) is 0 Å². The largest absolute Gasteiger partial charge is 0.317 e. The summed E-state index contributed by atoms with van der Waals surface area (Å²) in [5, 5.41) is 1.66. The molecule has 0 aromatic rings. The highest BCUT2D eigenvalue weighted by Gasteiger charge is 1.90. The lowest BCUT2D eigenvalue weighted by Gasteiger charge is -2.10. The molecule has 4 heteroatoms. The van der Waals surface area contributed by atoms with Crippen LogP contribution in [0, 0.1) is 0 Å². The zero-order chi connectivity index (χ0) is 6.41. The Morgan fingerprint density at radius 2 is 2.25 bits per heavy atom. The summed E-state index contributed by atoms with van der Waals surface area (Å²) >= 11 is 3.55. The average molecular weight is 137 g/mol. The predicted octanol–water partition coefficient (Wildman–Crippen LogP) is 0.341. The second-order valence-electron chi connectivity index (χ2n) is 1.37. The van der Waals surface area contributed by atoms with Gasteiger partial charge in [-0.3, -0.25) is 0 Å². The molecular weight excluding hydrogens is 126 g/mol. The first kappa shape index (κ1) is 8.23. The molecule has 0 aromatic carbocycles. The summed E-state index contributed by atoms with van der Waals surface area (Å²) in [6.45, 7) is 1.31. The number of hydrogen-bond acceptors (Lipinski definition) is 4. The Morgan fingerprint density at radius 3 is 2.62 bits per heavy atom. The van der Waals surface area contributed by atoms with Gasteiger partial charge in [0.15, 0.2) is 0 Å². The molecule has 0 N–H and O–H groups in total. The van der Waals surface area contributed by atoms with Crippen LogP contribution in [0.2, 0.25) is 0 Å². The minimum absolute atomic E-state index is 0.577. The smallest absolute Gasteiger partial charge is 0.0761 e. The molecule has 0 aliphatic carbocycles. The monoisotopic (exact) mass is 137 g/mol.